The molecule has 0 spiro atoms. The van der Waals surface area contributed by atoms with Crippen molar-refractivity contribution in [2.75, 3.05) is 0 Å². The van der Waals surface area contributed by atoms with E-state index in [0.29, 0.717) is 12.8 Å². The van der Waals surface area contributed by atoms with Crippen molar-refractivity contribution in [1.29, 1.82) is 0 Å². The molecule has 0 aliphatic heterocycles. The number of aliphatic hydroxyl groups is 1. The lowest BCUT2D eigenvalue weighted by molar-refractivity contribution is -0.149. The number of ketones is 1. The van der Waals surface area contributed by atoms with Crippen LogP contribution in [0.4, 0.5) is 0 Å². The van der Waals surface area contributed by atoms with Gasteiger partial charge in [0.2, 0.25) is 0 Å². The lowest BCUT2D eigenvalue weighted by atomic mass is 9.69. The smallest absolute Gasteiger partial charge is 0.172 e. The summed E-state index contributed by atoms with van der Waals surface area (Å²) < 4.78 is 6.31. The topological polar surface area (TPSA) is 46.5 Å². The van der Waals surface area contributed by atoms with Gasteiger partial charge in [-0.25, -0.2) is 0 Å². The maximum Gasteiger partial charge on any atom is 0.172 e. The van der Waals surface area contributed by atoms with Gasteiger partial charge in [0.1, 0.15) is 5.60 Å². The van der Waals surface area contributed by atoms with Crippen molar-refractivity contribution in [3.63, 3.8) is 0 Å². The van der Waals surface area contributed by atoms with Crippen molar-refractivity contribution in [3.8, 4) is 0 Å². The number of Topliss-reactive ketones (excluding diaryl/α,β-unsaturated/α-hetero) is 1. The van der Waals surface area contributed by atoms with E-state index in [-0.39, 0.29) is 23.0 Å². The largest absolute Gasteiger partial charge is 0.406 e. The molecule has 0 radical (unpaired) electrons. The predicted molar refractivity (Wildman–Crippen MR) is 94.5 cm³/mol. The highest BCUT2D eigenvalue weighted by molar-refractivity contribution is 6.48. The van der Waals surface area contributed by atoms with Crippen LogP contribution in [0.3, 0.4) is 0 Å². The van der Waals surface area contributed by atoms with Crippen LogP contribution in [0, 0.1) is 17.3 Å². The molecule has 0 aromatic carbocycles. The molecule has 4 unspecified atom stereocenters. The van der Waals surface area contributed by atoms with E-state index in [9.17, 15) is 9.90 Å². The van der Waals surface area contributed by atoms with E-state index in [1.54, 1.807) is 0 Å². The van der Waals surface area contributed by atoms with Crippen LogP contribution in [-0.2, 0) is 9.22 Å². The van der Waals surface area contributed by atoms with Crippen molar-refractivity contribution in [2.45, 2.75) is 78.2 Å². The lowest BCUT2D eigenvalue weighted by Crippen LogP contribution is -2.56. The molecule has 22 heavy (non-hydrogen) atoms. The third-order valence-electron chi connectivity index (χ3n) is 4.90. The number of carbonyl (C=O) groups is 1. The molecule has 4 atom stereocenters. The van der Waals surface area contributed by atoms with Gasteiger partial charge < -0.3 is 9.53 Å². The first kappa shape index (κ1) is 19.6. The van der Waals surface area contributed by atoms with Gasteiger partial charge in [0.15, 0.2) is 14.8 Å². The standard InChI is InChI=1S/C18H34O3Si/c1-8-10-13-14(17(3,4)5)12-16(20)18(13,21-22(6)7)15(19)11-9-2/h8,13-15,19,22H,1,9-12H2,2-7H3. The van der Waals surface area contributed by atoms with E-state index >= 15 is 0 Å². The van der Waals surface area contributed by atoms with E-state index in [0.717, 1.165) is 12.8 Å². The van der Waals surface area contributed by atoms with E-state index in [2.05, 4.69) is 40.4 Å². The summed E-state index contributed by atoms with van der Waals surface area (Å²) in [4.78, 5) is 13.0. The van der Waals surface area contributed by atoms with Crippen LogP contribution in [0.15, 0.2) is 12.7 Å². The first-order valence-electron chi connectivity index (χ1n) is 8.61. The van der Waals surface area contributed by atoms with E-state index in [1.165, 1.54) is 0 Å². The number of hydrogen-bond acceptors (Lipinski definition) is 3. The highest BCUT2D eigenvalue weighted by Crippen LogP contribution is 2.52. The monoisotopic (exact) mass is 326 g/mol. The second-order valence-corrected chi connectivity index (χ2v) is 10.3. The molecule has 128 valence electrons. The molecule has 1 aliphatic carbocycles. The summed E-state index contributed by atoms with van der Waals surface area (Å²) in [6.07, 6.45) is 3.84. The van der Waals surface area contributed by atoms with Gasteiger partial charge in [-0.05, 0) is 37.3 Å². The van der Waals surface area contributed by atoms with Crippen LogP contribution in [0.25, 0.3) is 0 Å². The fourth-order valence-corrected chi connectivity index (χ4v) is 5.22. The molecule has 1 aliphatic rings. The van der Waals surface area contributed by atoms with Crippen molar-refractivity contribution < 1.29 is 14.3 Å². The Bertz CT molecular complexity index is 400. The average molecular weight is 327 g/mol. The molecule has 0 aromatic heterocycles. The SMILES string of the molecule is C=CCC1C(C(C)(C)C)CC(=O)C1(O[SiH](C)C)C(O)CCC. The maximum absolute atomic E-state index is 13.0. The van der Waals surface area contributed by atoms with Gasteiger partial charge in [-0.2, -0.15) is 0 Å². The number of allylic oxidation sites excluding steroid dienone is 1. The minimum atomic E-state index is -1.47. The molecule has 1 N–H and O–H groups in total. The molecule has 0 aromatic rings. The van der Waals surface area contributed by atoms with Gasteiger partial charge in [-0.3, -0.25) is 4.79 Å². The van der Waals surface area contributed by atoms with Crippen LogP contribution < -0.4 is 0 Å². The summed E-state index contributed by atoms with van der Waals surface area (Å²) in [6.45, 7) is 16.6. The maximum atomic E-state index is 13.0. The molecule has 3 nitrogen and oxygen atoms in total. The molecule has 1 saturated carbocycles. The van der Waals surface area contributed by atoms with E-state index in [1.807, 2.05) is 13.0 Å². The molecule has 4 heteroatoms. The zero-order valence-corrected chi connectivity index (χ0v) is 16.3. The Balaban J connectivity index is 3.35. The Morgan fingerprint density at radius 1 is 1.50 bits per heavy atom. The Kier molecular flexibility index (Phi) is 6.60. The normalized spacial score (nSPS) is 30.8. The van der Waals surface area contributed by atoms with E-state index < -0.39 is 20.7 Å². The molecular weight excluding hydrogens is 292 g/mol. The second-order valence-electron chi connectivity index (χ2n) is 7.99. The minimum Gasteiger partial charge on any atom is -0.406 e. The Morgan fingerprint density at radius 3 is 2.50 bits per heavy atom. The van der Waals surface area contributed by atoms with Crippen molar-refractivity contribution in [1.82, 2.24) is 0 Å². The van der Waals surface area contributed by atoms with Crippen molar-refractivity contribution in [2.24, 2.45) is 17.3 Å². The summed E-state index contributed by atoms with van der Waals surface area (Å²) in [5.41, 5.74) is -0.999. The highest BCUT2D eigenvalue weighted by Gasteiger charge is 2.60. The van der Waals surface area contributed by atoms with E-state index in [4.69, 9.17) is 4.43 Å². The first-order chi connectivity index (χ1) is 10.1. The molecule has 0 saturated heterocycles. The molecular formula is C18H34O3Si. The van der Waals surface area contributed by atoms with Gasteiger partial charge in [-0.1, -0.05) is 40.2 Å². The summed E-state index contributed by atoms with van der Waals surface area (Å²) in [6, 6.07) is 0. The minimum absolute atomic E-state index is 0.0128. The molecule has 1 rings (SSSR count). The van der Waals surface area contributed by atoms with Crippen LogP contribution in [0.1, 0.15) is 53.4 Å². The summed E-state index contributed by atoms with van der Waals surface area (Å²) >= 11 is 0. The van der Waals surface area contributed by atoms with Gasteiger partial charge >= 0.3 is 0 Å². The summed E-state index contributed by atoms with van der Waals surface area (Å²) in [5, 5.41) is 10.8. The van der Waals surface area contributed by atoms with Crippen LogP contribution in [0.2, 0.25) is 13.1 Å². The molecule has 0 heterocycles. The third-order valence-corrected chi connectivity index (χ3v) is 5.76. The van der Waals surface area contributed by atoms with Gasteiger partial charge in [0, 0.05) is 12.3 Å². The van der Waals surface area contributed by atoms with Crippen LogP contribution in [-0.4, -0.2) is 31.6 Å². The Hall–Kier alpha value is -0.453. The van der Waals surface area contributed by atoms with Crippen LogP contribution in [0.5, 0.6) is 0 Å². The first-order valence-corrected chi connectivity index (χ1v) is 11.4. The quantitative estimate of drug-likeness (QED) is 0.573. The van der Waals surface area contributed by atoms with Gasteiger partial charge in [0.25, 0.3) is 0 Å². The zero-order valence-electron chi connectivity index (χ0n) is 15.2. The zero-order chi connectivity index (χ0) is 17.1. The van der Waals surface area contributed by atoms with Gasteiger partial charge in [-0.15, -0.1) is 6.58 Å². The predicted octanol–water partition coefficient (Wildman–Crippen LogP) is 3.71. The molecule has 0 amide bonds. The fourth-order valence-electron chi connectivity index (χ4n) is 3.98. The molecule has 0 bridgehead atoms. The summed E-state index contributed by atoms with van der Waals surface area (Å²) in [7, 11) is -1.47. The summed E-state index contributed by atoms with van der Waals surface area (Å²) in [5.74, 6) is 0.340. The Labute approximate surface area is 137 Å². The second kappa shape index (κ2) is 7.41. The average Bonchev–Trinajstić information content (AvgIpc) is 2.65. The van der Waals surface area contributed by atoms with Gasteiger partial charge in [0.05, 0.1) is 6.10 Å². The lowest BCUT2D eigenvalue weighted by Gasteiger charge is -2.43. The Morgan fingerprint density at radius 2 is 2.09 bits per heavy atom. The van der Waals surface area contributed by atoms with Crippen molar-refractivity contribution >= 4 is 14.8 Å². The number of hydrogen-bond donors (Lipinski definition) is 1. The van der Waals surface area contributed by atoms with Crippen molar-refractivity contribution in [3.05, 3.63) is 12.7 Å². The fraction of sp³-hybridized carbons (Fsp3) is 0.833. The van der Waals surface area contributed by atoms with Crippen LogP contribution >= 0.6 is 0 Å². The molecule has 1 fully saturated rings. The number of carbonyl (C=O) groups excluding carboxylic acids is 1. The number of aliphatic hydroxyl groups excluding tert-OH is 1. The number of rotatable bonds is 7. The third kappa shape index (κ3) is 3.71. The highest BCUT2D eigenvalue weighted by atomic mass is 28.3.